The van der Waals surface area contributed by atoms with Crippen LogP contribution in [0.5, 0.6) is 11.5 Å². The van der Waals surface area contributed by atoms with Crippen LogP contribution < -0.4 is 4.74 Å². The van der Waals surface area contributed by atoms with Crippen molar-refractivity contribution >= 4 is 17.6 Å². The molecule has 0 fully saturated rings. The fourth-order valence-corrected chi connectivity index (χ4v) is 1.62. The second-order valence-electron chi connectivity index (χ2n) is 3.54. The SMILES string of the molecule is N#Cc1c(Cl)cccc1Oc1cncc(C(=O)O)c1. The molecule has 0 bridgehead atoms. The summed E-state index contributed by atoms with van der Waals surface area (Å²) in [6.45, 7) is 0. The summed E-state index contributed by atoms with van der Waals surface area (Å²) >= 11 is 5.87. The molecule has 0 unspecified atom stereocenters. The molecular formula is C13H7ClN2O3. The van der Waals surface area contributed by atoms with E-state index in [2.05, 4.69) is 4.98 Å². The Morgan fingerprint density at radius 1 is 1.42 bits per heavy atom. The number of aromatic carboxylic acids is 1. The van der Waals surface area contributed by atoms with Gasteiger partial charge in [0.2, 0.25) is 0 Å². The maximum absolute atomic E-state index is 10.8. The van der Waals surface area contributed by atoms with Crippen LogP contribution in [0, 0.1) is 11.3 Å². The summed E-state index contributed by atoms with van der Waals surface area (Å²) in [5, 5.41) is 18.1. The van der Waals surface area contributed by atoms with Crippen LogP contribution in [0.3, 0.4) is 0 Å². The van der Waals surface area contributed by atoms with E-state index in [0.29, 0.717) is 0 Å². The van der Waals surface area contributed by atoms with Crippen molar-refractivity contribution in [2.24, 2.45) is 0 Å². The molecule has 1 N–H and O–H groups in total. The second kappa shape index (κ2) is 5.38. The first-order valence-corrected chi connectivity index (χ1v) is 5.54. The third kappa shape index (κ3) is 2.81. The molecule has 0 spiro atoms. The highest BCUT2D eigenvalue weighted by atomic mass is 35.5. The van der Waals surface area contributed by atoms with Crippen molar-refractivity contribution in [3.05, 3.63) is 52.8 Å². The van der Waals surface area contributed by atoms with E-state index in [1.54, 1.807) is 18.2 Å². The standard InChI is InChI=1S/C13H7ClN2O3/c14-11-2-1-3-12(10(11)5-15)19-9-4-8(13(17)18)6-16-7-9/h1-4,6-7H,(H,17,18). The lowest BCUT2D eigenvalue weighted by Crippen LogP contribution is -1.98. The fraction of sp³-hybridized carbons (Fsp3) is 0. The molecule has 1 heterocycles. The van der Waals surface area contributed by atoms with Gasteiger partial charge in [-0.1, -0.05) is 17.7 Å². The predicted octanol–water partition coefficient (Wildman–Crippen LogP) is 3.10. The average Bonchev–Trinajstić information content (AvgIpc) is 2.39. The molecule has 0 saturated heterocycles. The van der Waals surface area contributed by atoms with Crippen LogP contribution in [-0.2, 0) is 0 Å². The quantitative estimate of drug-likeness (QED) is 0.930. The molecule has 0 atom stereocenters. The number of halogens is 1. The number of carbonyl (C=O) groups is 1. The maximum Gasteiger partial charge on any atom is 0.337 e. The Hall–Kier alpha value is -2.58. The number of carboxylic acid groups (broad SMARTS) is 1. The Labute approximate surface area is 113 Å². The number of rotatable bonds is 3. The monoisotopic (exact) mass is 274 g/mol. The molecular weight excluding hydrogens is 268 g/mol. The topological polar surface area (TPSA) is 83.2 Å². The van der Waals surface area contributed by atoms with Crippen molar-refractivity contribution in [2.45, 2.75) is 0 Å². The van der Waals surface area contributed by atoms with E-state index >= 15 is 0 Å². The fourth-order valence-electron chi connectivity index (χ4n) is 1.42. The van der Waals surface area contributed by atoms with Gasteiger partial charge in [-0.25, -0.2) is 4.79 Å². The van der Waals surface area contributed by atoms with Crippen LogP contribution in [0.25, 0.3) is 0 Å². The van der Waals surface area contributed by atoms with Crippen molar-refractivity contribution in [2.75, 3.05) is 0 Å². The van der Waals surface area contributed by atoms with E-state index in [-0.39, 0.29) is 27.6 Å². The van der Waals surface area contributed by atoms with Crippen LogP contribution in [0.2, 0.25) is 5.02 Å². The second-order valence-corrected chi connectivity index (χ2v) is 3.95. The lowest BCUT2D eigenvalue weighted by atomic mass is 10.2. The molecule has 19 heavy (non-hydrogen) atoms. The Kier molecular flexibility index (Phi) is 3.64. The average molecular weight is 275 g/mol. The van der Waals surface area contributed by atoms with Crippen LogP contribution in [0.15, 0.2) is 36.7 Å². The molecule has 0 aliphatic heterocycles. The number of carboxylic acids is 1. The minimum absolute atomic E-state index is 0.00182. The summed E-state index contributed by atoms with van der Waals surface area (Å²) in [4.78, 5) is 14.6. The highest BCUT2D eigenvalue weighted by Crippen LogP contribution is 2.29. The molecule has 0 aliphatic rings. The predicted molar refractivity (Wildman–Crippen MR) is 67.4 cm³/mol. The van der Waals surface area contributed by atoms with Crippen molar-refractivity contribution < 1.29 is 14.6 Å². The van der Waals surface area contributed by atoms with Gasteiger partial charge in [-0.15, -0.1) is 0 Å². The first-order valence-electron chi connectivity index (χ1n) is 5.16. The Balaban J connectivity index is 2.37. The Morgan fingerprint density at radius 3 is 2.89 bits per heavy atom. The van der Waals surface area contributed by atoms with Crippen LogP contribution in [0.4, 0.5) is 0 Å². The number of nitrogens with zero attached hydrogens (tertiary/aromatic N) is 2. The molecule has 6 heteroatoms. The van der Waals surface area contributed by atoms with Gasteiger partial charge >= 0.3 is 5.97 Å². The zero-order chi connectivity index (χ0) is 13.8. The molecule has 0 amide bonds. The van der Waals surface area contributed by atoms with Gasteiger partial charge in [0, 0.05) is 6.20 Å². The van der Waals surface area contributed by atoms with E-state index < -0.39 is 5.97 Å². The first kappa shape index (κ1) is 12.9. The number of benzene rings is 1. The highest BCUT2D eigenvalue weighted by molar-refractivity contribution is 6.31. The number of pyridine rings is 1. The molecule has 2 aromatic rings. The van der Waals surface area contributed by atoms with Crippen molar-refractivity contribution in [1.29, 1.82) is 5.26 Å². The number of hydrogen-bond acceptors (Lipinski definition) is 4. The van der Waals surface area contributed by atoms with Gasteiger partial charge in [-0.05, 0) is 18.2 Å². The Morgan fingerprint density at radius 2 is 2.21 bits per heavy atom. The third-order valence-corrected chi connectivity index (χ3v) is 2.59. The van der Waals surface area contributed by atoms with Gasteiger partial charge in [0.15, 0.2) is 0 Å². The third-order valence-electron chi connectivity index (χ3n) is 2.28. The lowest BCUT2D eigenvalue weighted by Gasteiger charge is -2.08. The van der Waals surface area contributed by atoms with Crippen LogP contribution in [0.1, 0.15) is 15.9 Å². The number of aromatic nitrogens is 1. The molecule has 2 rings (SSSR count). The molecule has 0 aliphatic carbocycles. The van der Waals surface area contributed by atoms with Crippen LogP contribution >= 0.6 is 11.6 Å². The van der Waals surface area contributed by atoms with Gasteiger partial charge in [0.05, 0.1) is 16.8 Å². The van der Waals surface area contributed by atoms with E-state index in [4.69, 9.17) is 26.7 Å². The summed E-state index contributed by atoms with van der Waals surface area (Å²) in [5.74, 6) is -0.637. The summed E-state index contributed by atoms with van der Waals surface area (Å²) < 4.78 is 5.44. The van der Waals surface area contributed by atoms with Gasteiger partial charge in [-0.2, -0.15) is 5.26 Å². The van der Waals surface area contributed by atoms with E-state index in [1.807, 2.05) is 6.07 Å². The highest BCUT2D eigenvalue weighted by Gasteiger charge is 2.10. The first-order chi connectivity index (χ1) is 9.11. The summed E-state index contributed by atoms with van der Waals surface area (Å²) in [7, 11) is 0. The van der Waals surface area contributed by atoms with Crippen LogP contribution in [-0.4, -0.2) is 16.1 Å². The summed E-state index contributed by atoms with van der Waals surface area (Å²) in [5.41, 5.74) is 0.183. The van der Waals surface area contributed by atoms with Gasteiger partial charge in [0.1, 0.15) is 23.1 Å². The van der Waals surface area contributed by atoms with E-state index in [1.165, 1.54) is 18.5 Å². The van der Waals surface area contributed by atoms with Gasteiger partial charge < -0.3 is 9.84 Å². The Bertz CT molecular complexity index is 680. The molecule has 94 valence electrons. The van der Waals surface area contributed by atoms with Crippen molar-refractivity contribution in [1.82, 2.24) is 4.98 Å². The van der Waals surface area contributed by atoms with E-state index in [9.17, 15) is 4.79 Å². The normalized spacial score (nSPS) is 9.68. The number of hydrogen-bond donors (Lipinski definition) is 1. The minimum Gasteiger partial charge on any atom is -0.478 e. The molecule has 1 aromatic heterocycles. The molecule has 0 saturated carbocycles. The minimum atomic E-state index is -1.11. The molecule has 1 aromatic carbocycles. The maximum atomic E-state index is 10.8. The van der Waals surface area contributed by atoms with E-state index in [0.717, 1.165) is 0 Å². The zero-order valence-corrected chi connectivity index (χ0v) is 10.3. The lowest BCUT2D eigenvalue weighted by molar-refractivity contribution is 0.0696. The smallest absolute Gasteiger partial charge is 0.337 e. The number of ether oxygens (including phenoxy) is 1. The summed E-state index contributed by atoms with van der Waals surface area (Å²) in [6, 6.07) is 8.01. The number of nitriles is 1. The largest absolute Gasteiger partial charge is 0.478 e. The van der Waals surface area contributed by atoms with Crippen molar-refractivity contribution in [3.63, 3.8) is 0 Å². The zero-order valence-electron chi connectivity index (χ0n) is 9.50. The van der Waals surface area contributed by atoms with Gasteiger partial charge in [-0.3, -0.25) is 4.98 Å². The molecule has 0 radical (unpaired) electrons. The van der Waals surface area contributed by atoms with Gasteiger partial charge in [0.25, 0.3) is 0 Å². The molecule has 5 nitrogen and oxygen atoms in total. The summed E-state index contributed by atoms with van der Waals surface area (Å²) in [6.07, 6.45) is 2.56. The van der Waals surface area contributed by atoms with Crippen molar-refractivity contribution in [3.8, 4) is 17.6 Å².